The molecular weight excluding hydrogens is 290 g/mol. The zero-order valence-electron chi connectivity index (χ0n) is 15.6. The molecule has 0 atom stereocenters. The SMILES string of the molecule is CCCn1cccc1CNCCN(C(=O)OC(C)(C)C)C(C)C. The number of ether oxygens (including phenoxy) is 1. The van der Waals surface area contributed by atoms with Crippen molar-refractivity contribution in [1.82, 2.24) is 14.8 Å². The summed E-state index contributed by atoms with van der Waals surface area (Å²) < 4.78 is 7.74. The fraction of sp³-hybridized carbons (Fsp3) is 0.722. The highest BCUT2D eigenvalue weighted by atomic mass is 16.6. The molecule has 0 aliphatic carbocycles. The summed E-state index contributed by atoms with van der Waals surface area (Å²) in [6, 6.07) is 4.33. The summed E-state index contributed by atoms with van der Waals surface area (Å²) in [6.45, 7) is 15.1. The lowest BCUT2D eigenvalue weighted by Gasteiger charge is -2.30. The van der Waals surface area contributed by atoms with E-state index in [2.05, 4.69) is 35.1 Å². The second-order valence-corrected chi connectivity index (χ2v) is 7.14. The standard InChI is InChI=1S/C18H33N3O2/c1-7-11-20-12-8-9-16(20)14-19-10-13-21(15(2)3)17(22)23-18(4,5)6/h8-9,12,15,19H,7,10-11,13-14H2,1-6H3. The highest BCUT2D eigenvalue weighted by molar-refractivity contribution is 5.68. The summed E-state index contributed by atoms with van der Waals surface area (Å²) in [4.78, 5) is 14.0. The first-order chi connectivity index (χ1) is 10.7. The van der Waals surface area contributed by atoms with E-state index in [1.807, 2.05) is 34.6 Å². The van der Waals surface area contributed by atoms with Crippen molar-refractivity contribution >= 4 is 6.09 Å². The van der Waals surface area contributed by atoms with Crippen LogP contribution in [0.3, 0.4) is 0 Å². The van der Waals surface area contributed by atoms with E-state index >= 15 is 0 Å². The van der Waals surface area contributed by atoms with Gasteiger partial charge in [0, 0.05) is 44.1 Å². The van der Waals surface area contributed by atoms with Gasteiger partial charge in [-0.3, -0.25) is 0 Å². The second-order valence-electron chi connectivity index (χ2n) is 7.14. The predicted octanol–water partition coefficient (Wildman–Crippen LogP) is 3.63. The smallest absolute Gasteiger partial charge is 0.410 e. The lowest BCUT2D eigenvalue weighted by Crippen LogP contribution is -2.44. The fourth-order valence-electron chi connectivity index (χ4n) is 2.37. The van der Waals surface area contributed by atoms with Gasteiger partial charge < -0.3 is 19.5 Å². The minimum Gasteiger partial charge on any atom is -0.444 e. The number of carbonyl (C=O) groups is 1. The van der Waals surface area contributed by atoms with Crippen molar-refractivity contribution in [2.75, 3.05) is 13.1 Å². The van der Waals surface area contributed by atoms with Crippen LogP contribution in [0, 0.1) is 0 Å². The van der Waals surface area contributed by atoms with Crippen molar-refractivity contribution in [3.05, 3.63) is 24.0 Å². The zero-order chi connectivity index (χ0) is 17.5. The first kappa shape index (κ1) is 19.6. The Morgan fingerprint density at radius 3 is 2.65 bits per heavy atom. The number of aromatic nitrogens is 1. The van der Waals surface area contributed by atoms with Gasteiger partial charge in [0.1, 0.15) is 5.60 Å². The van der Waals surface area contributed by atoms with Crippen LogP contribution in [0.15, 0.2) is 18.3 Å². The van der Waals surface area contributed by atoms with Crippen molar-refractivity contribution < 1.29 is 9.53 Å². The Hall–Kier alpha value is -1.49. The van der Waals surface area contributed by atoms with Gasteiger partial charge >= 0.3 is 6.09 Å². The third kappa shape index (κ3) is 7.08. The quantitative estimate of drug-likeness (QED) is 0.743. The molecule has 1 heterocycles. The van der Waals surface area contributed by atoms with Crippen molar-refractivity contribution in [3.8, 4) is 0 Å². The number of carbonyl (C=O) groups excluding carboxylic acids is 1. The van der Waals surface area contributed by atoms with Gasteiger partial charge in [-0.2, -0.15) is 0 Å². The maximum Gasteiger partial charge on any atom is 0.410 e. The number of nitrogens with zero attached hydrogens (tertiary/aromatic N) is 2. The normalized spacial score (nSPS) is 11.8. The summed E-state index contributed by atoms with van der Waals surface area (Å²) in [5, 5.41) is 3.42. The van der Waals surface area contributed by atoms with Crippen molar-refractivity contribution in [2.45, 2.75) is 72.7 Å². The van der Waals surface area contributed by atoms with E-state index in [1.54, 1.807) is 4.90 Å². The average molecular weight is 323 g/mol. The Kier molecular flexibility index (Phi) is 7.62. The third-order valence-corrected chi connectivity index (χ3v) is 3.48. The van der Waals surface area contributed by atoms with E-state index in [0.29, 0.717) is 6.54 Å². The number of aryl methyl sites for hydroxylation is 1. The molecule has 0 aliphatic rings. The highest BCUT2D eigenvalue weighted by Gasteiger charge is 2.23. The van der Waals surface area contributed by atoms with Gasteiger partial charge in [-0.25, -0.2) is 4.79 Å². The van der Waals surface area contributed by atoms with Crippen LogP contribution in [0.1, 0.15) is 53.7 Å². The molecule has 1 N–H and O–H groups in total. The summed E-state index contributed by atoms with van der Waals surface area (Å²) >= 11 is 0. The van der Waals surface area contributed by atoms with Crippen molar-refractivity contribution in [1.29, 1.82) is 0 Å². The van der Waals surface area contributed by atoms with Crippen molar-refractivity contribution in [2.24, 2.45) is 0 Å². The third-order valence-electron chi connectivity index (χ3n) is 3.48. The molecular formula is C18H33N3O2. The Balaban J connectivity index is 2.44. The molecule has 0 bridgehead atoms. The predicted molar refractivity (Wildman–Crippen MR) is 94.5 cm³/mol. The van der Waals surface area contributed by atoms with Gasteiger partial charge in [-0.05, 0) is 53.2 Å². The molecule has 0 aromatic carbocycles. The van der Waals surface area contributed by atoms with Crippen LogP contribution in [-0.2, 0) is 17.8 Å². The van der Waals surface area contributed by atoms with Gasteiger partial charge in [0.2, 0.25) is 0 Å². The van der Waals surface area contributed by atoms with Gasteiger partial charge in [-0.1, -0.05) is 6.92 Å². The molecule has 0 spiro atoms. The first-order valence-corrected chi connectivity index (χ1v) is 8.59. The number of nitrogens with one attached hydrogen (secondary N) is 1. The minimum atomic E-state index is -0.460. The van der Waals surface area contributed by atoms with Crippen LogP contribution in [-0.4, -0.2) is 40.3 Å². The Morgan fingerprint density at radius 1 is 1.39 bits per heavy atom. The minimum absolute atomic E-state index is 0.121. The summed E-state index contributed by atoms with van der Waals surface area (Å²) in [5.74, 6) is 0. The Morgan fingerprint density at radius 2 is 2.09 bits per heavy atom. The molecule has 5 heteroatoms. The molecule has 1 amide bonds. The molecule has 1 aromatic rings. The Bertz CT molecular complexity index is 475. The number of rotatable bonds is 8. The fourth-order valence-corrected chi connectivity index (χ4v) is 2.37. The number of hydrogen-bond acceptors (Lipinski definition) is 3. The molecule has 1 rings (SSSR count). The van der Waals surface area contributed by atoms with E-state index in [9.17, 15) is 4.79 Å². The maximum absolute atomic E-state index is 12.2. The molecule has 0 unspecified atom stereocenters. The molecule has 0 fully saturated rings. The molecule has 23 heavy (non-hydrogen) atoms. The van der Waals surface area contributed by atoms with Crippen LogP contribution in [0.5, 0.6) is 0 Å². The van der Waals surface area contributed by atoms with E-state index in [-0.39, 0.29) is 12.1 Å². The Labute approximate surface area is 141 Å². The molecule has 0 saturated heterocycles. The molecule has 0 aliphatic heterocycles. The van der Waals surface area contributed by atoms with Gasteiger partial charge in [0.05, 0.1) is 0 Å². The summed E-state index contributed by atoms with van der Waals surface area (Å²) in [7, 11) is 0. The van der Waals surface area contributed by atoms with E-state index < -0.39 is 5.60 Å². The topological polar surface area (TPSA) is 46.5 Å². The zero-order valence-corrected chi connectivity index (χ0v) is 15.6. The van der Waals surface area contributed by atoms with Crippen LogP contribution in [0.4, 0.5) is 4.79 Å². The van der Waals surface area contributed by atoms with E-state index in [0.717, 1.165) is 26.1 Å². The highest BCUT2D eigenvalue weighted by Crippen LogP contribution is 2.11. The molecule has 5 nitrogen and oxygen atoms in total. The van der Waals surface area contributed by atoms with Gasteiger partial charge in [0.25, 0.3) is 0 Å². The molecule has 0 radical (unpaired) electrons. The molecule has 1 aromatic heterocycles. The maximum atomic E-state index is 12.2. The largest absolute Gasteiger partial charge is 0.444 e. The van der Waals surface area contributed by atoms with Gasteiger partial charge in [-0.15, -0.1) is 0 Å². The summed E-state index contributed by atoms with van der Waals surface area (Å²) in [5.41, 5.74) is 0.818. The van der Waals surface area contributed by atoms with Crippen LogP contribution in [0.2, 0.25) is 0 Å². The second kappa shape index (κ2) is 8.96. The van der Waals surface area contributed by atoms with E-state index in [1.165, 1.54) is 5.69 Å². The molecule has 132 valence electrons. The van der Waals surface area contributed by atoms with Crippen LogP contribution in [0.25, 0.3) is 0 Å². The monoisotopic (exact) mass is 323 g/mol. The summed E-state index contributed by atoms with van der Waals surface area (Å²) in [6.07, 6.45) is 2.99. The lowest BCUT2D eigenvalue weighted by molar-refractivity contribution is 0.0193. The van der Waals surface area contributed by atoms with Crippen molar-refractivity contribution in [3.63, 3.8) is 0 Å². The average Bonchev–Trinajstić information content (AvgIpc) is 2.84. The first-order valence-electron chi connectivity index (χ1n) is 8.59. The molecule has 0 saturated carbocycles. The number of hydrogen-bond donors (Lipinski definition) is 1. The van der Waals surface area contributed by atoms with Crippen LogP contribution < -0.4 is 5.32 Å². The van der Waals surface area contributed by atoms with Gasteiger partial charge in [0.15, 0.2) is 0 Å². The van der Waals surface area contributed by atoms with Crippen LogP contribution >= 0.6 is 0 Å². The lowest BCUT2D eigenvalue weighted by atomic mass is 10.2. The number of amides is 1. The van der Waals surface area contributed by atoms with E-state index in [4.69, 9.17) is 4.74 Å².